The van der Waals surface area contributed by atoms with E-state index >= 15 is 0 Å². The smallest absolute Gasteiger partial charge is 0.182 e. The molecule has 5 heteroatoms. The van der Waals surface area contributed by atoms with E-state index in [9.17, 15) is 8.42 Å². The third kappa shape index (κ3) is 3.03. The summed E-state index contributed by atoms with van der Waals surface area (Å²) in [5, 5.41) is 0.0861. The summed E-state index contributed by atoms with van der Waals surface area (Å²) in [4.78, 5) is 0.318. The molecule has 3 unspecified atom stereocenters. The van der Waals surface area contributed by atoms with E-state index in [0.717, 1.165) is 12.0 Å². The van der Waals surface area contributed by atoms with Gasteiger partial charge in [-0.1, -0.05) is 42.8 Å². The van der Waals surface area contributed by atoms with Crippen molar-refractivity contribution in [3.63, 3.8) is 0 Å². The van der Waals surface area contributed by atoms with Crippen molar-refractivity contribution in [3.05, 3.63) is 64.7 Å². The molecule has 23 heavy (non-hydrogen) atoms. The topological polar surface area (TPSA) is 60.2 Å². The van der Waals surface area contributed by atoms with Gasteiger partial charge < -0.3 is 5.73 Å². The lowest BCUT2D eigenvalue weighted by Gasteiger charge is -2.05. The van der Waals surface area contributed by atoms with Crippen molar-refractivity contribution < 1.29 is 8.42 Å². The molecule has 3 atom stereocenters. The Labute approximate surface area is 142 Å². The zero-order valence-corrected chi connectivity index (χ0v) is 14.5. The van der Waals surface area contributed by atoms with E-state index in [-0.39, 0.29) is 11.8 Å². The first kappa shape index (κ1) is 16.5. The van der Waals surface area contributed by atoms with Crippen LogP contribution >= 0.6 is 11.6 Å². The van der Waals surface area contributed by atoms with Crippen LogP contribution in [0.5, 0.6) is 0 Å². The van der Waals surface area contributed by atoms with Crippen LogP contribution in [0.4, 0.5) is 0 Å². The number of hydrogen-bond donors (Lipinski definition) is 1. The maximum absolute atomic E-state index is 12.9. The first-order valence-corrected chi connectivity index (χ1v) is 9.69. The highest BCUT2D eigenvalue weighted by Crippen LogP contribution is 2.53. The highest BCUT2D eigenvalue weighted by Gasteiger charge is 2.57. The maximum Gasteiger partial charge on any atom is 0.182 e. The summed E-state index contributed by atoms with van der Waals surface area (Å²) < 4.78 is 25.8. The van der Waals surface area contributed by atoms with E-state index in [4.69, 9.17) is 17.3 Å². The van der Waals surface area contributed by atoms with Gasteiger partial charge in [0.25, 0.3) is 0 Å². The summed E-state index contributed by atoms with van der Waals surface area (Å²) in [5.74, 6) is -0.0465. The molecule has 0 bridgehead atoms. The highest BCUT2D eigenvalue weighted by molar-refractivity contribution is 7.92. The quantitative estimate of drug-likeness (QED) is 0.899. The molecular weight excluding hydrogens is 330 g/mol. The average molecular weight is 350 g/mol. The van der Waals surface area contributed by atoms with Crippen molar-refractivity contribution in [2.24, 2.45) is 11.7 Å². The zero-order chi connectivity index (χ0) is 16.6. The third-order valence-electron chi connectivity index (χ3n) is 4.64. The predicted octanol–water partition coefficient (Wildman–Crippen LogP) is 3.42. The molecule has 3 rings (SSSR count). The molecule has 0 heterocycles. The summed E-state index contributed by atoms with van der Waals surface area (Å²) in [6, 6.07) is 14.5. The summed E-state index contributed by atoms with van der Waals surface area (Å²) >= 11 is 5.85. The average Bonchev–Trinajstić information content (AvgIpc) is 3.31. The molecule has 1 aliphatic carbocycles. The highest BCUT2D eigenvalue weighted by atomic mass is 35.5. The standard InChI is InChI=1S/C18H20ClNO2S/c1-2-12-3-5-13(6-4-12)17-16(11-20)18(17)23(21,22)15-9-7-14(19)8-10-15/h3-10,16-18H,2,11,20H2,1H3. The summed E-state index contributed by atoms with van der Waals surface area (Å²) in [5.41, 5.74) is 8.12. The van der Waals surface area contributed by atoms with Gasteiger partial charge in [0.2, 0.25) is 0 Å². The Morgan fingerprint density at radius 3 is 2.17 bits per heavy atom. The van der Waals surface area contributed by atoms with Crippen LogP contribution in [0.1, 0.15) is 24.0 Å². The van der Waals surface area contributed by atoms with Crippen molar-refractivity contribution >= 4 is 21.4 Å². The molecule has 0 amide bonds. The van der Waals surface area contributed by atoms with E-state index in [1.54, 1.807) is 24.3 Å². The van der Waals surface area contributed by atoms with Crippen LogP contribution in [-0.2, 0) is 16.3 Å². The Balaban J connectivity index is 1.90. The van der Waals surface area contributed by atoms with Crippen LogP contribution in [0, 0.1) is 5.92 Å². The number of hydrogen-bond acceptors (Lipinski definition) is 3. The van der Waals surface area contributed by atoms with Crippen molar-refractivity contribution in [2.75, 3.05) is 6.54 Å². The number of sulfone groups is 1. The van der Waals surface area contributed by atoms with Crippen LogP contribution in [0.25, 0.3) is 0 Å². The van der Waals surface area contributed by atoms with Gasteiger partial charge >= 0.3 is 0 Å². The molecular formula is C18H20ClNO2S. The molecule has 1 fully saturated rings. The molecule has 0 aromatic heterocycles. The molecule has 2 aromatic rings. The number of halogens is 1. The van der Waals surface area contributed by atoms with Gasteiger partial charge in [-0.2, -0.15) is 0 Å². The fourth-order valence-electron chi connectivity index (χ4n) is 3.24. The molecule has 0 radical (unpaired) electrons. The van der Waals surface area contributed by atoms with E-state index < -0.39 is 15.1 Å². The van der Waals surface area contributed by atoms with Crippen LogP contribution in [0.3, 0.4) is 0 Å². The Bertz CT molecular complexity index is 785. The van der Waals surface area contributed by atoms with E-state index in [2.05, 4.69) is 19.1 Å². The van der Waals surface area contributed by atoms with Crippen LogP contribution < -0.4 is 5.73 Å². The van der Waals surface area contributed by atoms with E-state index in [0.29, 0.717) is 16.5 Å². The monoisotopic (exact) mass is 349 g/mol. The van der Waals surface area contributed by atoms with Gasteiger partial charge in [-0.3, -0.25) is 0 Å². The summed E-state index contributed by atoms with van der Waals surface area (Å²) in [7, 11) is -3.40. The summed E-state index contributed by atoms with van der Waals surface area (Å²) in [6.07, 6.45) is 0.970. The Hall–Kier alpha value is -1.36. The lowest BCUT2D eigenvalue weighted by atomic mass is 10.1. The van der Waals surface area contributed by atoms with Gasteiger partial charge in [-0.15, -0.1) is 0 Å². The SMILES string of the molecule is CCc1ccc(C2C(CN)C2S(=O)(=O)c2ccc(Cl)cc2)cc1. The van der Waals surface area contributed by atoms with Crippen molar-refractivity contribution in [1.29, 1.82) is 0 Å². The second kappa shape index (κ2) is 6.27. The number of benzene rings is 2. The van der Waals surface area contributed by atoms with Gasteiger partial charge in [0, 0.05) is 10.9 Å². The van der Waals surface area contributed by atoms with E-state index in [1.165, 1.54) is 5.56 Å². The summed E-state index contributed by atoms with van der Waals surface area (Å²) in [6.45, 7) is 2.47. The van der Waals surface area contributed by atoms with Crippen LogP contribution in [-0.4, -0.2) is 20.2 Å². The lowest BCUT2D eigenvalue weighted by Crippen LogP contribution is -2.13. The minimum atomic E-state index is -3.40. The molecule has 3 nitrogen and oxygen atoms in total. The molecule has 2 aromatic carbocycles. The second-order valence-corrected chi connectivity index (χ2v) is 8.53. The Morgan fingerprint density at radius 1 is 1.04 bits per heavy atom. The van der Waals surface area contributed by atoms with Gasteiger partial charge in [-0.25, -0.2) is 8.42 Å². The fraction of sp³-hybridized carbons (Fsp3) is 0.333. The molecule has 122 valence electrons. The molecule has 2 N–H and O–H groups in total. The minimum Gasteiger partial charge on any atom is -0.330 e. The van der Waals surface area contributed by atoms with Crippen molar-refractivity contribution in [2.45, 2.75) is 29.4 Å². The first-order valence-electron chi connectivity index (χ1n) is 7.77. The van der Waals surface area contributed by atoms with Crippen LogP contribution in [0.2, 0.25) is 5.02 Å². The van der Waals surface area contributed by atoms with Crippen molar-refractivity contribution in [1.82, 2.24) is 0 Å². The molecule has 0 saturated heterocycles. The minimum absolute atomic E-state index is 0.0217. The van der Waals surface area contributed by atoms with E-state index in [1.807, 2.05) is 12.1 Å². The molecule has 1 aliphatic rings. The zero-order valence-electron chi connectivity index (χ0n) is 12.9. The van der Waals surface area contributed by atoms with Crippen LogP contribution in [0.15, 0.2) is 53.4 Å². The first-order chi connectivity index (χ1) is 11.0. The lowest BCUT2D eigenvalue weighted by molar-refractivity contribution is 0.591. The largest absolute Gasteiger partial charge is 0.330 e. The van der Waals surface area contributed by atoms with Gasteiger partial charge in [-0.05, 0) is 54.3 Å². The van der Waals surface area contributed by atoms with Gasteiger partial charge in [0.05, 0.1) is 10.1 Å². The normalized spacial score (nSPS) is 23.7. The Morgan fingerprint density at radius 2 is 1.65 bits per heavy atom. The third-order valence-corrected chi connectivity index (χ3v) is 7.18. The molecule has 0 aliphatic heterocycles. The fourth-order valence-corrected chi connectivity index (χ4v) is 5.59. The second-order valence-electron chi connectivity index (χ2n) is 5.98. The van der Waals surface area contributed by atoms with Gasteiger partial charge in [0.1, 0.15) is 0 Å². The predicted molar refractivity (Wildman–Crippen MR) is 93.5 cm³/mol. The molecule has 0 spiro atoms. The number of aryl methyl sites for hydroxylation is 1. The molecule has 1 saturated carbocycles. The number of nitrogens with two attached hydrogens (primary N) is 1. The maximum atomic E-state index is 12.9. The van der Waals surface area contributed by atoms with Gasteiger partial charge in [0.15, 0.2) is 9.84 Å². The number of rotatable bonds is 5. The van der Waals surface area contributed by atoms with Crippen molar-refractivity contribution in [3.8, 4) is 0 Å². The Kier molecular flexibility index (Phi) is 4.50.